The number of benzene rings is 1. The first-order valence-electron chi connectivity index (χ1n) is 11.1. The van der Waals surface area contributed by atoms with Crippen LogP contribution in [0.5, 0.6) is 0 Å². The lowest BCUT2D eigenvalue weighted by atomic mass is 10.00. The van der Waals surface area contributed by atoms with Gasteiger partial charge in [0.2, 0.25) is 0 Å². The van der Waals surface area contributed by atoms with Crippen LogP contribution in [0.25, 0.3) is 11.1 Å². The number of aromatic carboxylic acids is 1. The monoisotopic (exact) mass is 490 g/mol. The summed E-state index contributed by atoms with van der Waals surface area (Å²) in [6, 6.07) is 8.89. The van der Waals surface area contributed by atoms with Gasteiger partial charge in [-0.05, 0) is 43.9 Å². The summed E-state index contributed by atoms with van der Waals surface area (Å²) in [4.78, 5) is 18.0. The van der Waals surface area contributed by atoms with Crippen molar-refractivity contribution in [2.24, 2.45) is 0 Å². The summed E-state index contributed by atoms with van der Waals surface area (Å²) in [6.07, 6.45) is 1.17. The first-order chi connectivity index (χ1) is 16.2. The third-order valence-electron chi connectivity index (χ3n) is 6.43. The molecule has 0 spiro atoms. The fraction of sp³-hybridized carbons (Fsp3) is 0.375. The first kappa shape index (κ1) is 22.7. The van der Waals surface area contributed by atoms with E-state index in [1.54, 1.807) is 6.07 Å². The Bertz CT molecular complexity index is 1220. The standard InChI is InChI=1S/C24H22ClF3N4O2/c25-16-6-7-18(15-5-8-20(29-11-15)14-3-4-14)21(10-16)31-9-1-2-17(13-31)32-22(24(26,27)28)19(12-30-32)23(33)34/h5-8,10-12,14,17H,1-4,9,13H2,(H,33,34). The van der Waals surface area contributed by atoms with Crippen LogP contribution in [-0.4, -0.2) is 38.9 Å². The van der Waals surface area contributed by atoms with Crippen LogP contribution in [0.3, 0.4) is 0 Å². The molecule has 2 aromatic heterocycles. The van der Waals surface area contributed by atoms with Gasteiger partial charge in [0.25, 0.3) is 0 Å². The number of pyridine rings is 1. The lowest BCUT2D eigenvalue weighted by molar-refractivity contribution is -0.145. The number of carboxylic acids is 1. The zero-order valence-corrected chi connectivity index (χ0v) is 18.9. The number of carboxylic acid groups (broad SMARTS) is 1. The van der Waals surface area contributed by atoms with E-state index < -0.39 is 29.4 Å². The van der Waals surface area contributed by atoms with Crippen molar-refractivity contribution >= 4 is 23.3 Å². The van der Waals surface area contributed by atoms with Crippen LogP contribution in [-0.2, 0) is 6.18 Å². The number of halogens is 4. The minimum absolute atomic E-state index is 0.241. The van der Waals surface area contributed by atoms with Gasteiger partial charge >= 0.3 is 12.1 Å². The number of anilines is 1. The maximum atomic E-state index is 13.7. The molecule has 1 saturated carbocycles. The maximum Gasteiger partial charge on any atom is 0.433 e. The van der Waals surface area contributed by atoms with Gasteiger partial charge in [-0.2, -0.15) is 18.3 Å². The van der Waals surface area contributed by atoms with Gasteiger partial charge < -0.3 is 10.0 Å². The Hall–Kier alpha value is -3.07. The summed E-state index contributed by atoms with van der Waals surface area (Å²) in [5.74, 6) is -1.11. The number of hydrogen-bond donors (Lipinski definition) is 1. The Morgan fingerprint density at radius 2 is 1.91 bits per heavy atom. The minimum atomic E-state index is -4.83. The third kappa shape index (κ3) is 4.36. The molecule has 2 fully saturated rings. The number of alkyl halides is 3. The molecule has 5 rings (SSSR count). The number of aromatic nitrogens is 3. The molecule has 1 aromatic carbocycles. The molecule has 1 aliphatic carbocycles. The molecule has 3 aromatic rings. The topological polar surface area (TPSA) is 71.2 Å². The van der Waals surface area contributed by atoms with Crippen molar-refractivity contribution in [3.8, 4) is 11.1 Å². The Morgan fingerprint density at radius 1 is 1.12 bits per heavy atom. The van der Waals surface area contributed by atoms with Gasteiger partial charge in [-0.25, -0.2) is 4.79 Å². The quantitative estimate of drug-likeness (QED) is 0.472. The Labute approximate surface area is 199 Å². The van der Waals surface area contributed by atoms with Crippen molar-refractivity contribution < 1.29 is 23.1 Å². The Morgan fingerprint density at radius 3 is 2.56 bits per heavy atom. The van der Waals surface area contributed by atoms with Crippen LogP contribution < -0.4 is 4.90 Å². The van der Waals surface area contributed by atoms with Gasteiger partial charge in [-0.1, -0.05) is 23.7 Å². The minimum Gasteiger partial charge on any atom is -0.478 e. The molecule has 1 saturated heterocycles. The fourth-order valence-electron chi connectivity index (χ4n) is 4.65. The summed E-state index contributed by atoms with van der Waals surface area (Å²) < 4.78 is 42.1. The van der Waals surface area contributed by atoms with E-state index in [1.807, 2.05) is 35.4 Å². The van der Waals surface area contributed by atoms with Crippen molar-refractivity contribution in [1.82, 2.24) is 14.8 Å². The van der Waals surface area contributed by atoms with Gasteiger partial charge in [0.15, 0.2) is 5.69 Å². The molecule has 178 valence electrons. The molecule has 1 aliphatic heterocycles. The van der Waals surface area contributed by atoms with E-state index in [4.69, 9.17) is 11.6 Å². The van der Waals surface area contributed by atoms with Crippen LogP contribution in [0.4, 0.5) is 18.9 Å². The van der Waals surface area contributed by atoms with E-state index in [0.717, 1.165) is 46.2 Å². The van der Waals surface area contributed by atoms with Gasteiger partial charge in [0.1, 0.15) is 5.56 Å². The van der Waals surface area contributed by atoms with Crippen LogP contribution in [0.2, 0.25) is 5.02 Å². The Balaban J connectivity index is 1.48. The summed E-state index contributed by atoms with van der Waals surface area (Å²) in [5, 5.41) is 13.6. The van der Waals surface area contributed by atoms with Crippen molar-refractivity contribution in [3.63, 3.8) is 0 Å². The highest BCUT2D eigenvalue weighted by atomic mass is 35.5. The number of rotatable bonds is 5. The van der Waals surface area contributed by atoms with E-state index in [9.17, 15) is 23.1 Å². The second kappa shape index (κ2) is 8.61. The summed E-state index contributed by atoms with van der Waals surface area (Å²) in [5.41, 5.74) is 1.61. The summed E-state index contributed by atoms with van der Waals surface area (Å²) in [6.45, 7) is 0.872. The van der Waals surface area contributed by atoms with Crippen molar-refractivity contribution in [2.45, 2.75) is 43.8 Å². The molecule has 0 bridgehead atoms. The fourth-order valence-corrected chi connectivity index (χ4v) is 4.81. The van der Waals surface area contributed by atoms with E-state index in [-0.39, 0.29) is 6.54 Å². The zero-order chi connectivity index (χ0) is 24.0. The highest BCUT2D eigenvalue weighted by molar-refractivity contribution is 6.31. The van der Waals surface area contributed by atoms with E-state index >= 15 is 0 Å². The van der Waals surface area contributed by atoms with Crippen molar-refractivity contribution in [1.29, 1.82) is 0 Å². The third-order valence-corrected chi connectivity index (χ3v) is 6.67. The predicted molar refractivity (Wildman–Crippen MR) is 121 cm³/mol. The number of hydrogen-bond acceptors (Lipinski definition) is 4. The molecule has 0 radical (unpaired) electrons. The summed E-state index contributed by atoms with van der Waals surface area (Å²) in [7, 11) is 0. The second-order valence-corrected chi connectivity index (χ2v) is 9.24. The molecule has 1 unspecified atom stereocenters. The summed E-state index contributed by atoms with van der Waals surface area (Å²) >= 11 is 6.30. The van der Waals surface area contributed by atoms with Crippen LogP contribution in [0.1, 0.15) is 59.4 Å². The van der Waals surface area contributed by atoms with Crippen molar-refractivity contribution in [2.75, 3.05) is 18.0 Å². The lowest BCUT2D eigenvalue weighted by Crippen LogP contribution is -2.38. The van der Waals surface area contributed by atoms with Gasteiger partial charge in [0, 0.05) is 52.7 Å². The lowest BCUT2D eigenvalue weighted by Gasteiger charge is -2.36. The SMILES string of the molecule is O=C(O)c1cnn(C2CCCN(c3cc(Cl)ccc3-c3ccc(C4CC4)nc3)C2)c1C(F)(F)F. The molecular formula is C24H22ClF3N4O2. The normalized spacial score (nSPS) is 18.8. The highest BCUT2D eigenvalue weighted by Gasteiger charge is 2.42. The molecule has 6 nitrogen and oxygen atoms in total. The average molecular weight is 491 g/mol. The number of nitrogens with zero attached hydrogens (tertiary/aromatic N) is 4. The largest absolute Gasteiger partial charge is 0.478 e. The number of piperidine rings is 1. The number of carbonyl (C=O) groups is 1. The van der Waals surface area contributed by atoms with E-state index in [2.05, 4.69) is 10.1 Å². The maximum absolute atomic E-state index is 13.7. The Kier molecular flexibility index (Phi) is 5.75. The molecule has 2 aliphatic rings. The van der Waals surface area contributed by atoms with Gasteiger partial charge in [-0.15, -0.1) is 0 Å². The van der Waals surface area contributed by atoms with Crippen molar-refractivity contribution in [3.05, 3.63) is 64.7 Å². The van der Waals surface area contributed by atoms with Gasteiger partial charge in [0.05, 0.1) is 12.2 Å². The molecule has 1 atom stereocenters. The average Bonchev–Trinajstić information content (AvgIpc) is 3.55. The van der Waals surface area contributed by atoms with Crippen LogP contribution in [0.15, 0.2) is 42.7 Å². The van der Waals surface area contributed by atoms with Crippen LogP contribution in [0, 0.1) is 0 Å². The van der Waals surface area contributed by atoms with Crippen LogP contribution >= 0.6 is 11.6 Å². The molecule has 1 N–H and O–H groups in total. The van der Waals surface area contributed by atoms with Gasteiger partial charge in [-0.3, -0.25) is 9.67 Å². The first-order valence-corrected chi connectivity index (χ1v) is 11.5. The predicted octanol–water partition coefficient (Wildman–Crippen LogP) is 6.03. The second-order valence-electron chi connectivity index (χ2n) is 8.80. The van der Waals surface area contributed by atoms with E-state index in [1.165, 1.54) is 0 Å². The molecule has 10 heteroatoms. The molecule has 34 heavy (non-hydrogen) atoms. The highest BCUT2D eigenvalue weighted by Crippen LogP contribution is 2.41. The molecule has 0 amide bonds. The molecule has 3 heterocycles. The molecular weight excluding hydrogens is 469 g/mol. The van der Waals surface area contributed by atoms with E-state index in [0.29, 0.717) is 30.3 Å². The smallest absolute Gasteiger partial charge is 0.433 e. The zero-order valence-electron chi connectivity index (χ0n) is 18.1.